The molecule has 1 unspecified atom stereocenters. The van der Waals surface area contributed by atoms with Gasteiger partial charge in [0.15, 0.2) is 0 Å². The minimum atomic E-state index is -0.718. The lowest BCUT2D eigenvalue weighted by Gasteiger charge is -2.38. The summed E-state index contributed by atoms with van der Waals surface area (Å²) in [6, 6.07) is 8.06. The number of likely N-dealkylation sites (N-methyl/N-ethyl adjacent to an activating group) is 2. The number of ether oxygens (including phenoxy) is 1. The number of amides is 2. The van der Waals surface area contributed by atoms with E-state index in [-0.39, 0.29) is 24.4 Å². The summed E-state index contributed by atoms with van der Waals surface area (Å²) < 4.78 is 5.63. The number of hydrazine groups is 1. The fourth-order valence-electron chi connectivity index (χ4n) is 6.58. The van der Waals surface area contributed by atoms with E-state index < -0.39 is 5.41 Å². The molecule has 1 aromatic rings. The molecule has 2 atom stereocenters. The Hall–Kier alpha value is -4.76. The molecule has 0 saturated carbocycles. The van der Waals surface area contributed by atoms with Crippen LogP contribution in [0, 0.1) is 11.3 Å². The van der Waals surface area contributed by atoms with Gasteiger partial charge < -0.3 is 30.2 Å². The summed E-state index contributed by atoms with van der Waals surface area (Å²) in [5.74, 6) is 0.644. The van der Waals surface area contributed by atoms with Gasteiger partial charge in [0, 0.05) is 86.2 Å². The second-order valence-corrected chi connectivity index (χ2v) is 15.7. The van der Waals surface area contributed by atoms with Crippen LogP contribution < -0.4 is 10.7 Å². The molecule has 0 saturated heterocycles. The van der Waals surface area contributed by atoms with Gasteiger partial charge in [0.2, 0.25) is 5.91 Å². The second-order valence-electron chi connectivity index (χ2n) is 15.7. The minimum Gasteiger partial charge on any atom is -0.378 e. The van der Waals surface area contributed by atoms with Crippen LogP contribution in [-0.2, 0) is 21.4 Å². The third-order valence-electron chi connectivity index (χ3n) is 10.3. The Morgan fingerprint density at radius 2 is 1.79 bits per heavy atom. The van der Waals surface area contributed by atoms with Crippen LogP contribution in [0.4, 0.5) is 0 Å². The molecule has 11 heteroatoms. The lowest BCUT2D eigenvalue weighted by Crippen LogP contribution is -2.53. The Kier molecular flexibility index (Phi) is 23.2. The number of carbonyl (C=O) groups excluding carboxylic acids is 2. The quantitative estimate of drug-likeness (QED) is 0.0260. The number of unbranched alkanes of at least 4 members (excludes halogenated alkanes) is 2. The van der Waals surface area contributed by atoms with Gasteiger partial charge in [0.1, 0.15) is 12.6 Å². The number of carbonyl (C=O) groups is 2. The molecule has 2 amide bonds. The number of hydrogen-bond acceptors (Lipinski definition) is 8. The van der Waals surface area contributed by atoms with Gasteiger partial charge in [-0.05, 0) is 114 Å². The molecular weight excluding hydrogens is 725 g/mol. The number of aryl methyl sites for hydroxylation is 1. The molecule has 0 aromatic heterocycles. The van der Waals surface area contributed by atoms with E-state index in [2.05, 4.69) is 95.0 Å². The molecule has 1 aromatic carbocycles. The van der Waals surface area contributed by atoms with Crippen molar-refractivity contribution in [2.75, 3.05) is 75.8 Å². The largest absolute Gasteiger partial charge is 0.378 e. The number of nitriles is 1. The van der Waals surface area contributed by atoms with Crippen molar-refractivity contribution in [1.82, 2.24) is 30.5 Å². The van der Waals surface area contributed by atoms with Crippen LogP contribution in [0.3, 0.4) is 0 Å². The molecule has 0 heterocycles. The van der Waals surface area contributed by atoms with E-state index in [4.69, 9.17) is 15.0 Å². The Bertz CT molecular complexity index is 1720. The van der Waals surface area contributed by atoms with Crippen molar-refractivity contribution in [3.8, 4) is 6.07 Å². The van der Waals surface area contributed by atoms with Crippen LogP contribution >= 0.6 is 0 Å². The highest BCUT2D eigenvalue weighted by molar-refractivity contribution is 5.96. The van der Waals surface area contributed by atoms with Gasteiger partial charge in [0.25, 0.3) is 5.91 Å². The monoisotopic (exact) mass is 799 g/mol. The summed E-state index contributed by atoms with van der Waals surface area (Å²) in [5.41, 5.74) is 10.9. The summed E-state index contributed by atoms with van der Waals surface area (Å²) >= 11 is 0. The van der Waals surface area contributed by atoms with E-state index in [1.807, 2.05) is 49.1 Å². The first kappa shape index (κ1) is 51.3. The molecular formula is C47H74N8O3. The normalized spacial score (nSPS) is 13.8. The Morgan fingerprint density at radius 3 is 2.34 bits per heavy atom. The molecule has 0 aliphatic heterocycles. The molecule has 320 valence electrons. The number of nitrogens with zero attached hydrogens (tertiary/aromatic N) is 6. The predicted octanol–water partition coefficient (Wildman–Crippen LogP) is 7.58. The highest BCUT2D eigenvalue weighted by Gasteiger charge is 2.37. The van der Waals surface area contributed by atoms with Gasteiger partial charge in [-0.2, -0.15) is 10.3 Å². The van der Waals surface area contributed by atoms with Gasteiger partial charge in [-0.15, -0.1) is 0 Å². The molecule has 0 radical (unpaired) electrons. The summed E-state index contributed by atoms with van der Waals surface area (Å²) in [6.45, 7) is 22.5. The predicted molar refractivity (Wildman–Crippen MR) is 242 cm³/mol. The SMILES string of the molecule is C=C/C(=C\C(CCc1cc(C(=O)N(C)C)ccc1C(C)(C[C@@H](C)NCC(=O)N(C)CCCCC#N)C(=NC)NN(C/C=C\C(C)=C/C)COC)=C(C)C)C(=C)N(C)C. The molecule has 58 heavy (non-hydrogen) atoms. The molecule has 0 fully saturated rings. The first-order valence-electron chi connectivity index (χ1n) is 20.2. The lowest BCUT2D eigenvalue weighted by molar-refractivity contribution is -0.129. The molecule has 0 spiro atoms. The third-order valence-corrected chi connectivity index (χ3v) is 10.3. The van der Waals surface area contributed by atoms with Gasteiger partial charge >= 0.3 is 0 Å². The molecule has 0 aliphatic carbocycles. The van der Waals surface area contributed by atoms with Crippen LogP contribution in [0.15, 0.2) is 94.7 Å². The maximum atomic E-state index is 13.4. The first-order chi connectivity index (χ1) is 27.4. The third kappa shape index (κ3) is 16.6. The van der Waals surface area contributed by atoms with Crippen molar-refractivity contribution < 1.29 is 14.3 Å². The zero-order valence-electron chi connectivity index (χ0n) is 38.1. The van der Waals surface area contributed by atoms with Crippen molar-refractivity contribution in [3.63, 3.8) is 0 Å². The van der Waals surface area contributed by atoms with E-state index in [0.29, 0.717) is 51.1 Å². The number of allylic oxidation sites excluding steroid dienone is 7. The Balaban J connectivity index is 3.91. The zero-order chi connectivity index (χ0) is 44.0. The average Bonchev–Trinajstić information content (AvgIpc) is 3.19. The molecule has 11 nitrogen and oxygen atoms in total. The van der Waals surface area contributed by atoms with Crippen molar-refractivity contribution in [2.45, 2.75) is 91.5 Å². The van der Waals surface area contributed by atoms with E-state index in [9.17, 15) is 9.59 Å². The first-order valence-corrected chi connectivity index (χ1v) is 20.2. The van der Waals surface area contributed by atoms with Crippen LogP contribution in [0.5, 0.6) is 0 Å². The lowest BCUT2D eigenvalue weighted by atomic mass is 9.73. The summed E-state index contributed by atoms with van der Waals surface area (Å²) in [5, 5.41) is 14.4. The second kappa shape index (κ2) is 26.3. The van der Waals surface area contributed by atoms with Gasteiger partial charge in [-0.25, -0.2) is 0 Å². The number of rotatable bonds is 25. The number of aliphatic imine (C=N–C) groups is 1. The van der Waals surface area contributed by atoms with Crippen molar-refractivity contribution in [3.05, 3.63) is 106 Å². The minimum absolute atomic E-state index is 0.00659. The maximum absolute atomic E-state index is 13.4. The van der Waals surface area contributed by atoms with E-state index in [1.165, 1.54) is 5.57 Å². The Morgan fingerprint density at radius 1 is 1.10 bits per heavy atom. The smallest absolute Gasteiger partial charge is 0.253 e. The zero-order valence-corrected chi connectivity index (χ0v) is 38.1. The number of amidine groups is 1. The van der Waals surface area contributed by atoms with E-state index >= 15 is 0 Å². The Labute approximate surface area is 351 Å². The maximum Gasteiger partial charge on any atom is 0.253 e. The summed E-state index contributed by atoms with van der Waals surface area (Å²) in [4.78, 5) is 36.8. The molecule has 0 bridgehead atoms. The average molecular weight is 799 g/mol. The standard InChI is InChI=1S/C47H74N8O3/c1-16-36(5)22-21-29-55(34-58-15)51-46(49-9)47(8,32-37(6)50-33-44(56)54(14)28-20-18-19-27-48)43-26-25-42(45(57)53(12)13)31-41(43)24-23-40(35(3)4)30-39(17-2)38(7)52(10)11/h16-17,21-22,25-26,30-31,37,50H,2,7,18-20,23-24,28-29,32-34H2,1,3-6,8-15H3,(H,49,51)/b22-21-,36-16-,39-30+/t37-,47?/m1/s1. The van der Waals surface area contributed by atoms with Crippen LogP contribution in [0.2, 0.25) is 0 Å². The molecule has 2 N–H and O–H groups in total. The molecule has 1 rings (SSSR count). The fraction of sp³-hybridized carbons (Fsp3) is 0.532. The van der Waals surface area contributed by atoms with E-state index in [1.54, 1.807) is 45.1 Å². The topological polar surface area (TPSA) is 117 Å². The number of benzene rings is 1. The summed E-state index contributed by atoms with van der Waals surface area (Å²) in [7, 11) is 12.7. The van der Waals surface area contributed by atoms with Crippen LogP contribution in [0.25, 0.3) is 0 Å². The van der Waals surface area contributed by atoms with Gasteiger partial charge in [-0.1, -0.05) is 54.7 Å². The van der Waals surface area contributed by atoms with E-state index in [0.717, 1.165) is 52.2 Å². The molecule has 0 aliphatic rings. The highest BCUT2D eigenvalue weighted by Crippen LogP contribution is 2.35. The highest BCUT2D eigenvalue weighted by atomic mass is 16.5. The number of hydrogen-bond donors (Lipinski definition) is 2. The fourth-order valence-corrected chi connectivity index (χ4v) is 6.58. The van der Waals surface area contributed by atoms with Gasteiger partial charge in [-0.3, -0.25) is 14.6 Å². The van der Waals surface area contributed by atoms with Crippen molar-refractivity contribution in [1.29, 1.82) is 5.26 Å². The van der Waals surface area contributed by atoms with Crippen molar-refractivity contribution in [2.24, 2.45) is 4.99 Å². The van der Waals surface area contributed by atoms with Crippen LogP contribution in [0.1, 0.15) is 95.1 Å². The van der Waals surface area contributed by atoms with Gasteiger partial charge in [0.05, 0.1) is 18.0 Å². The van der Waals surface area contributed by atoms with Crippen molar-refractivity contribution >= 4 is 17.6 Å². The number of nitrogens with one attached hydrogen (secondary N) is 2. The van der Waals surface area contributed by atoms with Crippen LogP contribution in [-0.4, -0.2) is 119 Å². The summed E-state index contributed by atoms with van der Waals surface area (Å²) in [6.07, 6.45) is 14.2. The number of methoxy groups -OCH3 is 1.